The number of aromatic nitrogens is 1. The van der Waals surface area contributed by atoms with E-state index in [2.05, 4.69) is 4.98 Å². The number of aliphatic hydroxyl groups excluding tert-OH is 1. The molecule has 0 aliphatic rings. The van der Waals surface area contributed by atoms with Gasteiger partial charge in [0.15, 0.2) is 0 Å². The molecular weight excluding hydrogens is 223 g/mol. The van der Waals surface area contributed by atoms with Crippen LogP contribution in [0.5, 0.6) is 0 Å². The van der Waals surface area contributed by atoms with E-state index in [9.17, 15) is 9.18 Å². The molecule has 17 heavy (non-hydrogen) atoms. The largest absolute Gasteiger partial charge is 0.395 e. The third-order valence-corrected chi connectivity index (χ3v) is 2.43. The molecule has 0 fully saturated rings. The first kappa shape index (κ1) is 13.6. The predicted octanol–water partition coefficient (Wildman–Crippen LogP) is 1.46. The van der Waals surface area contributed by atoms with Crippen LogP contribution < -0.4 is 0 Å². The summed E-state index contributed by atoms with van der Waals surface area (Å²) in [7, 11) is 0. The summed E-state index contributed by atoms with van der Waals surface area (Å²) >= 11 is 0. The summed E-state index contributed by atoms with van der Waals surface area (Å²) in [5.74, 6) is -1.19. The van der Waals surface area contributed by atoms with Gasteiger partial charge in [0.05, 0.1) is 12.2 Å². The first-order valence-electron chi connectivity index (χ1n) is 5.71. The fourth-order valence-corrected chi connectivity index (χ4v) is 1.50. The van der Waals surface area contributed by atoms with Crippen LogP contribution in [0, 0.1) is 5.95 Å². The van der Waals surface area contributed by atoms with Gasteiger partial charge in [-0.05, 0) is 18.6 Å². The quantitative estimate of drug-likeness (QED) is 0.766. The van der Waals surface area contributed by atoms with Gasteiger partial charge in [-0.1, -0.05) is 13.3 Å². The SMILES string of the molecule is CCCCN(CCO)C(=O)c1cccnc1F. The van der Waals surface area contributed by atoms with E-state index < -0.39 is 11.9 Å². The van der Waals surface area contributed by atoms with Crippen molar-refractivity contribution in [2.75, 3.05) is 19.7 Å². The van der Waals surface area contributed by atoms with Crippen molar-refractivity contribution in [2.24, 2.45) is 0 Å². The Bertz CT molecular complexity index is 371. The topological polar surface area (TPSA) is 53.4 Å². The number of rotatable bonds is 6. The zero-order valence-corrected chi connectivity index (χ0v) is 9.90. The Morgan fingerprint density at radius 1 is 1.53 bits per heavy atom. The monoisotopic (exact) mass is 240 g/mol. The van der Waals surface area contributed by atoms with Crippen molar-refractivity contribution in [3.8, 4) is 0 Å². The first-order chi connectivity index (χ1) is 8.20. The number of unbranched alkanes of at least 4 members (excludes halogenated alkanes) is 1. The standard InChI is InChI=1S/C12H17FN2O2/c1-2-3-7-15(8-9-16)12(17)10-5-4-6-14-11(10)13/h4-6,16H,2-3,7-9H2,1H3. The molecule has 1 heterocycles. The highest BCUT2D eigenvalue weighted by molar-refractivity contribution is 5.94. The number of aliphatic hydroxyl groups is 1. The van der Waals surface area contributed by atoms with Gasteiger partial charge < -0.3 is 10.0 Å². The van der Waals surface area contributed by atoms with Crippen LogP contribution in [0.25, 0.3) is 0 Å². The lowest BCUT2D eigenvalue weighted by Crippen LogP contribution is -2.35. The van der Waals surface area contributed by atoms with E-state index in [4.69, 9.17) is 5.11 Å². The second-order valence-electron chi connectivity index (χ2n) is 3.71. The summed E-state index contributed by atoms with van der Waals surface area (Å²) in [5, 5.41) is 8.90. The maximum Gasteiger partial charge on any atom is 0.258 e. The van der Waals surface area contributed by atoms with E-state index in [1.807, 2.05) is 6.92 Å². The Hall–Kier alpha value is -1.49. The smallest absolute Gasteiger partial charge is 0.258 e. The van der Waals surface area contributed by atoms with Gasteiger partial charge in [0.1, 0.15) is 0 Å². The molecule has 1 aromatic heterocycles. The number of pyridine rings is 1. The lowest BCUT2D eigenvalue weighted by Gasteiger charge is -2.21. The van der Waals surface area contributed by atoms with Crippen molar-refractivity contribution in [3.63, 3.8) is 0 Å². The van der Waals surface area contributed by atoms with E-state index in [0.29, 0.717) is 6.54 Å². The first-order valence-corrected chi connectivity index (χ1v) is 5.71. The number of hydrogen-bond acceptors (Lipinski definition) is 3. The van der Waals surface area contributed by atoms with Crippen molar-refractivity contribution >= 4 is 5.91 Å². The third kappa shape index (κ3) is 3.78. The maximum absolute atomic E-state index is 13.3. The molecule has 0 unspecified atom stereocenters. The summed E-state index contributed by atoms with van der Waals surface area (Å²) in [5.41, 5.74) is -0.0444. The number of nitrogens with zero attached hydrogens (tertiary/aromatic N) is 2. The Labute approximate surface area is 100 Å². The average Bonchev–Trinajstić information content (AvgIpc) is 2.34. The molecule has 0 spiro atoms. The zero-order valence-electron chi connectivity index (χ0n) is 9.90. The molecule has 1 amide bonds. The lowest BCUT2D eigenvalue weighted by molar-refractivity contribution is 0.0713. The minimum absolute atomic E-state index is 0.0444. The summed E-state index contributed by atoms with van der Waals surface area (Å²) in [6.07, 6.45) is 3.06. The third-order valence-electron chi connectivity index (χ3n) is 2.43. The zero-order chi connectivity index (χ0) is 12.7. The molecule has 0 aliphatic carbocycles. The van der Waals surface area contributed by atoms with E-state index in [1.165, 1.54) is 23.2 Å². The minimum Gasteiger partial charge on any atom is -0.395 e. The normalized spacial score (nSPS) is 10.3. The van der Waals surface area contributed by atoms with Gasteiger partial charge in [0.2, 0.25) is 5.95 Å². The summed E-state index contributed by atoms with van der Waals surface area (Å²) in [4.78, 5) is 16.9. The summed E-state index contributed by atoms with van der Waals surface area (Å²) in [6, 6.07) is 2.92. The summed E-state index contributed by atoms with van der Waals surface area (Å²) < 4.78 is 13.3. The van der Waals surface area contributed by atoms with Gasteiger partial charge in [-0.2, -0.15) is 4.39 Å². The van der Waals surface area contributed by atoms with Gasteiger partial charge in [-0.25, -0.2) is 4.98 Å². The maximum atomic E-state index is 13.3. The van der Waals surface area contributed by atoms with Gasteiger partial charge in [-0.15, -0.1) is 0 Å². The van der Waals surface area contributed by atoms with E-state index >= 15 is 0 Å². The second kappa shape index (κ2) is 6.96. The molecule has 0 bridgehead atoms. The van der Waals surface area contributed by atoms with Crippen LogP contribution in [0.1, 0.15) is 30.1 Å². The van der Waals surface area contributed by atoms with Crippen LogP contribution >= 0.6 is 0 Å². The van der Waals surface area contributed by atoms with Crippen molar-refractivity contribution < 1.29 is 14.3 Å². The minimum atomic E-state index is -0.767. The molecule has 0 radical (unpaired) electrons. The molecule has 1 N–H and O–H groups in total. The fourth-order valence-electron chi connectivity index (χ4n) is 1.50. The van der Waals surface area contributed by atoms with Crippen LogP contribution in [0.4, 0.5) is 4.39 Å². The van der Waals surface area contributed by atoms with Crippen LogP contribution in [0.2, 0.25) is 0 Å². The number of amides is 1. The van der Waals surface area contributed by atoms with Crippen LogP contribution in [0.15, 0.2) is 18.3 Å². The molecule has 0 saturated carbocycles. The molecule has 94 valence electrons. The van der Waals surface area contributed by atoms with E-state index in [1.54, 1.807) is 0 Å². The Balaban J connectivity index is 2.80. The number of carbonyl (C=O) groups excluding carboxylic acids is 1. The highest BCUT2D eigenvalue weighted by atomic mass is 19.1. The van der Waals surface area contributed by atoms with E-state index in [0.717, 1.165) is 12.8 Å². The molecule has 1 aromatic rings. The molecule has 0 aromatic carbocycles. The Morgan fingerprint density at radius 2 is 2.29 bits per heavy atom. The van der Waals surface area contributed by atoms with Crippen LogP contribution in [-0.2, 0) is 0 Å². The van der Waals surface area contributed by atoms with Crippen molar-refractivity contribution in [1.82, 2.24) is 9.88 Å². The van der Waals surface area contributed by atoms with Crippen molar-refractivity contribution in [3.05, 3.63) is 29.8 Å². The number of hydrogen-bond donors (Lipinski definition) is 1. The summed E-state index contributed by atoms with van der Waals surface area (Å²) in [6.45, 7) is 2.61. The fraction of sp³-hybridized carbons (Fsp3) is 0.500. The molecule has 4 nitrogen and oxygen atoms in total. The lowest BCUT2D eigenvalue weighted by atomic mass is 10.2. The highest BCUT2D eigenvalue weighted by Crippen LogP contribution is 2.08. The van der Waals surface area contributed by atoms with Gasteiger partial charge >= 0.3 is 0 Å². The molecule has 0 saturated heterocycles. The van der Waals surface area contributed by atoms with Gasteiger partial charge in [0, 0.05) is 19.3 Å². The van der Waals surface area contributed by atoms with Gasteiger partial charge in [0.25, 0.3) is 5.91 Å². The molecule has 0 atom stereocenters. The van der Waals surface area contributed by atoms with Crippen molar-refractivity contribution in [1.29, 1.82) is 0 Å². The van der Waals surface area contributed by atoms with Crippen molar-refractivity contribution in [2.45, 2.75) is 19.8 Å². The predicted molar refractivity (Wildman–Crippen MR) is 62.1 cm³/mol. The van der Waals surface area contributed by atoms with E-state index in [-0.39, 0.29) is 18.7 Å². The average molecular weight is 240 g/mol. The van der Waals surface area contributed by atoms with Crippen LogP contribution in [-0.4, -0.2) is 40.6 Å². The Kier molecular flexibility index (Phi) is 5.56. The van der Waals surface area contributed by atoms with Gasteiger partial charge in [-0.3, -0.25) is 4.79 Å². The highest BCUT2D eigenvalue weighted by Gasteiger charge is 2.18. The van der Waals surface area contributed by atoms with Crippen LogP contribution in [0.3, 0.4) is 0 Å². The molecular formula is C12H17FN2O2. The number of halogens is 1. The Morgan fingerprint density at radius 3 is 2.88 bits per heavy atom. The molecule has 5 heteroatoms. The number of carbonyl (C=O) groups is 1. The molecule has 1 rings (SSSR count). The molecule has 0 aliphatic heterocycles. The second-order valence-corrected chi connectivity index (χ2v) is 3.71.